The van der Waals surface area contributed by atoms with E-state index >= 15 is 0 Å². The Balaban J connectivity index is 1.78. The maximum atomic E-state index is 12.9. The van der Waals surface area contributed by atoms with E-state index in [9.17, 15) is 28.7 Å². The number of alkyl halides is 1. The number of nitrogens with zero attached hydrogens (tertiary/aromatic N) is 5. The van der Waals surface area contributed by atoms with Gasteiger partial charge in [0.25, 0.3) is 24.6 Å². The number of amides is 3. The van der Waals surface area contributed by atoms with Crippen LogP contribution in [0.1, 0.15) is 19.7 Å². The molecule has 3 amide bonds. The molecule has 2 atom stereocenters. The zero-order valence-electron chi connectivity index (χ0n) is 20.6. The van der Waals surface area contributed by atoms with Gasteiger partial charge in [-0.15, -0.1) is 11.8 Å². The molecule has 0 aliphatic carbocycles. The Hall–Kier alpha value is -3.57. The first kappa shape index (κ1) is 29.0. The smallest absolute Gasteiger partial charge is 0.278 e. The van der Waals surface area contributed by atoms with E-state index in [1.165, 1.54) is 11.8 Å². The molecule has 0 spiro atoms. The fourth-order valence-electron chi connectivity index (χ4n) is 4.09. The number of anilines is 1. The van der Waals surface area contributed by atoms with Gasteiger partial charge in [0.05, 0.1) is 31.3 Å². The highest BCUT2D eigenvalue weighted by molar-refractivity contribution is 8.00. The van der Waals surface area contributed by atoms with Gasteiger partial charge < -0.3 is 36.0 Å². The zero-order chi connectivity index (χ0) is 28.0. The number of halogens is 1. The van der Waals surface area contributed by atoms with Crippen LogP contribution in [0.2, 0.25) is 0 Å². The first-order valence-corrected chi connectivity index (χ1v) is 13.2. The summed E-state index contributed by atoms with van der Waals surface area (Å²) in [4.78, 5) is 58.4. The van der Waals surface area contributed by atoms with Crippen LogP contribution < -0.4 is 21.9 Å². The number of primary amides is 1. The molecule has 1 aromatic rings. The van der Waals surface area contributed by atoms with Gasteiger partial charge in [-0.3, -0.25) is 19.3 Å². The molecule has 3 rings (SSSR count). The van der Waals surface area contributed by atoms with Crippen molar-refractivity contribution in [1.82, 2.24) is 19.6 Å². The lowest BCUT2D eigenvalue weighted by Gasteiger charge is -2.50. The Morgan fingerprint density at radius 2 is 2.08 bits per heavy atom. The van der Waals surface area contributed by atoms with Crippen LogP contribution in [0.5, 0.6) is 0 Å². The van der Waals surface area contributed by atoms with Gasteiger partial charge in [-0.2, -0.15) is 9.36 Å². The van der Waals surface area contributed by atoms with Crippen LogP contribution in [0.3, 0.4) is 0 Å². The quantitative estimate of drug-likeness (QED) is 0.104. The predicted octanol–water partition coefficient (Wildman–Crippen LogP) is -1.93. The van der Waals surface area contributed by atoms with E-state index in [0.29, 0.717) is 29.7 Å². The Kier molecular flexibility index (Phi) is 9.40. The van der Waals surface area contributed by atoms with Gasteiger partial charge in [-0.05, 0) is 25.5 Å². The number of likely N-dealkylation sites (N-methyl/N-ethyl adjacent to an activating group) is 1. The topological polar surface area (TPSA) is 206 Å². The molecule has 0 saturated carbocycles. The molecule has 0 unspecified atom stereocenters. The molecule has 1 aromatic heterocycles. The molecule has 0 radical (unpaired) electrons. The second-order valence-corrected chi connectivity index (χ2v) is 10.2. The SMILES string of the molecule is CC[N+](CC)(C/C=C/C1=C(C(=O)[O-])N2C(=O)[C@@H](NC(=O)/C(=N\OCF)c3nsc(N)n3)[C@@H]2SC1)CC(N)=O. The van der Waals surface area contributed by atoms with E-state index in [4.69, 9.17) is 11.5 Å². The number of quaternary nitrogens is 1. The number of hydrogen-bond acceptors (Lipinski definition) is 12. The molecule has 1 fully saturated rings. The lowest BCUT2D eigenvalue weighted by atomic mass is 10.0. The van der Waals surface area contributed by atoms with Gasteiger partial charge >= 0.3 is 0 Å². The Morgan fingerprint density at radius 1 is 1.37 bits per heavy atom. The lowest BCUT2D eigenvalue weighted by Crippen LogP contribution is -2.71. The van der Waals surface area contributed by atoms with Crippen molar-refractivity contribution in [3.63, 3.8) is 0 Å². The number of β-lactam (4-membered cyclic amide) rings is 1. The molecule has 17 heteroatoms. The monoisotopic (exact) mass is 570 g/mol. The molecule has 5 N–H and O–H groups in total. The van der Waals surface area contributed by atoms with E-state index in [1.807, 2.05) is 13.8 Å². The van der Waals surface area contributed by atoms with Crippen molar-refractivity contribution in [3.8, 4) is 0 Å². The molecule has 206 valence electrons. The third-order valence-electron chi connectivity index (χ3n) is 6.20. The molecule has 14 nitrogen and oxygen atoms in total. The number of aliphatic carboxylic acids is 1. The maximum absolute atomic E-state index is 12.9. The molecule has 2 aliphatic rings. The van der Waals surface area contributed by atoms with Crippen LogP contribution in [0, 0.1) is 0 Å². The summed E-state index contributed by atoms with van der Waals surface area (Å²) in [6.07, 6.45) is 3.35. The Bertz CT molecular complexity index is 1200. The number of carboxylic acid groups (broad SMARTS) is 1. The van der Waals surface area contributed by atoms with E-state index in [2.05, 4.69) is 24.7 Å². The Labute approximate surface area is 225 Å². The first-order valence-electron chi connectivity index (χ1n) is 11.4. The number of aromatic nitrogens is 2. The number of carbonyl (C=O) groups is 4. The van der Waals surface area contributed by atoms with E-state index < -0.39 is 47.7 Å². The van der Waals surface area contributed by atoms with Gasteiger partial charge in [0, 0.05) is 17.3 Å². The summed E-state index contributed by atoms with van der Waals surface area (Å²) in [5.74, 6) is -3.60. The summed E-state index contributed by atoms with van der Waals surface area (Å²) in [6, 6.07) is -1.10. The van der Waals surface area contributed by atoms with E-state index in [1.54, 1.807) is 12.2 Å². The number of carboxylic acids is 1. The molecule has 38 heavy (non-hydrogen) atoms. The lowest BCUT2D eigenvalue weighted by molar-refractivity contribution is -0.911. The normalized spacial score (nSPS) is 19.8. The summed E-state index contributed by atoms with van der Waals surface area (Å²) in [5, 5.41) is 17.1. The van der Waals surface area contributed by atoms with Gasteiger partial charge in [0.15, 0.2) is 11.7 Å². The minimum atomic E-state index is -1.54. The number of nitrogens with two attached hydrogens (primary N) is 2. The largest absolute Gasteiger partial charge is 0.543 e. The van der Waals surface area contributed by atoms with Crippen molar-refractivity contribution >= 4 is 57.8 Å². The summed E-state index contributed by atoms with van der Waals surface area (Å²) >= 11 is 2.01. The van der Waals surface area contributed by atoms with Crippen molar-refractivity contribution in [2.45, 2.75) is 25.3 Å². The van der Waals surface area contributed by atoms with Crippen LogP contribution in [-0.4, -0.2) is 98.4 Å². The minimum Gasteiger partial charge on any atom is -0.543 e. The molecular formula is C21H27FN8O6S2. The highest BCUT2D eigenvalue weighted by Gasteiger charge is 2.53. The van der Waals surface area contributed by atoms with Crippen LogP contribution in [-0.2, 0) is 24.0 Å². The number of thioether (sulfide) groups is 1. The maximum Gasteiger partial charge on any atom is 0.278 e. The third kappa shape index (κ3) is 6.11. The van der Waals surface area contributed by atoms with Crippen molar-refractivity contribution in [1.29, 1.82) is 0 Å². The Morgan fingerprint density at radius 3 is 2.63 bits per heavy atom. The fraction of sp³-hybridized carbons (Fsp3) is 0.476. The highest BCUT2D eigenvalue weighted by Crippen LogP contribution is 2.40. The summed E-state index contributed by atoms with van der Waals surface area (Å²) in [7, 11) is 0. The second kappa shape index (κ2) is 12.3. The number of fused-ring (bicyclic) bond motifs is 1. The van der Waals surface area contributed by atoms with Gasteiger partial charge in [-0.1, -0.05) is 11.2 Å². The standard InChI is InChI=1S/C21H27FN8O6S2/c1-3-30(4-2,8-12(23)31)7-5-6-11-9-37-19-14(18(33)29(19)15(11)20(34)35)25-17(32)13(27-36-10-22)16-26-21(24)38-28-16/h5-6,14,19H,3-4,7-10H2,1-2H3,(H5-,23,24,25,26,28,31,32,34,35)/b6-5+,27-13-/t14-,19+/m1/s1. The zero-order valence-corrected chi connectivity index (χ0v) is 22.2. The molecule has 0 aromatic carbocycles. The van der Waals surface area contributed by atoms with Crippen molar-refractivity contribution in [3.05, 3.63) is 29.2 Å². The van der Waals surface area contributed by atoms with Crippen LogP contribution in [0.4, 0.5) is 9.52 Å². The summed E-state index contributed by atoms with van der Waals surface area (Å²) in [6.45, 7) is 4.39. The van der Waals surface area contributed by atoms with Crippen LogP contribution >= 0.6 is 23.3 Å². The summed E-state index contributed by atoms with van der Waals surface area (Å²) in [5.41, 5.74) is 10.5. The molecule has 1 saturated heterocycles. The van der Waals surface area contributed by atoms with E-state index in [0.717, 1.165) is 16.4 Å². The average molecular weight is 571 g/mol. The van der Waals surface area contributed by atoms with Gasteiger partial charge in [0.2, 0.25) is 11.5 Å². The van der Waals surface area contributed by atoms with Crippen molar-refractivity contribution in [2.24, 2.45) is 10.9 Å². The second-order valence-electron chi connectivity index (χ2n) is 8.34. The number of nitrogen functional groups attached to an aromatic ring is 1. The van der Waals surface area contributed by atoms with Crippen LogP contribution in [0.25, 0.3) is 0 Å². The van der Waals surface area contributed by atoms with Crippen molar-refractivity contribution < 1.29 is 38.0 Å². The number of carbonyl (C=O) groups excluding carboxylic acids is 4. The van der Waals surface area contributed by atoms with Crippen molar-refractivity contribution in [2.75, 3.05) is 44.5 Å². The minimum absolute atomic E-state index is 0.0299. The number of oxime groups is 1. The molecule has 3 heterocycles. The number of hydrogen-bond donors (Lipinski definition) is 3. The molecule has 0 bridgehead atoms. The molecular weight excluding hydrogens is 543 g/mol. The fourth-order valence-corrected chi connectivity index (χ4v) is 5.85. The highest BCUT2D eigenvalue weighted by atomic mass is 32.2. The number of nitrogens with one attached hydrogen (secondary N) is 1. The molecule has 2 aliphatic heterocycles. The third-order valence-corrected chi connectivity index (χ3v) is 8.04. The summed E-state index contributed by atoms with van der Waals surface area (Å²) < 4.78 is 16.7. The predicted molar refractivity (Wildman–Crippen MR) is 134 cm³/mol. The van der Waals surface area contributed by atoms with E-state index in [-0.39, 0.29) is 29.0 Å². The number of rotatable bonds is 13. The van der Waals surface area contributed by atoms with Crippen LogP contribution in [0.15, 0.2) is 28.6 Å². The average Bonchev–Trinajstić information content (AvgIpc) is 3.31. The number of allylic oxidation sites excluding steroid dienone is 1. The van der Waals surface area contributed by atoms with Gasteiger partial charge in [-0.25, -0.2) is 4.39 Å². The first-order chi connectivity index (χ1) is 18.1. The van der Waals surface area contributed by atoms with Gasteiger partial charge in [0.1, 0.15) is 11.4 Å².